The van der Waals surface area contributed by atoms with E-state index in [1.165, 1.54) is 0 Å². The fourth-order valence-corrected chi connectivity index (χ4v) is 1.92. The molecule has 0 amide bonds. The highest BCUT2D eigenvalue weighted by Crippen LogP contribution is 2.42. The number of hydrogen-bond donors (Lipinski definition) is 1. The average Bonchev–Trinajstić information content (AvgIpc) is 2.60. The van der Waals surface area contributed by atoms with Gasteiger partial charge in [0.1, 0.15) is 0 Å². The molecule has 0 bridgehead atoms. The van der Waals surface area contributed by atoms with Crippen LogP contribution in [0, 0.1) is 6.92 Å². The maximum Gasteiger partial charge on any atom is 0.231 e. The van der Waals surface area contributed by atoms with Gasteiger partial charge < -0.3 is 14.8 Å². The lowest BCUT2D eigenvalue weighted by Crippen LogP contribution is -2.07. The summed E-state index contributed by atoms with van der Waals surface area (Å²) in [6.07, 6.45) is 0. The maximum absolute atomic E-state index is 6.19. The number of rotatable bonds is 2. The highest BCUT2D eigenvalue weighted by Gasteiger charge is 2.21. The molecule has 0 unspecified atom stereocenters. The number of fused-ring (bicyclic) bond motifs is 1. The molecule has 76 valence electrons. The van der Waals surface area contributed by atoms with Crippen LogP contribution in [-0.2, 0) is 6.54 Å². The van der Waals surface area contributed by atoms with Gasteiger partial charge in [0, 0.05) is 6.54 Å². The van der Waals surface area contributed by atoms with Crippen LogP contribution in [0.4, 0.5) is 0 Å². The molecule has 1 aromatic rings. The van der Waals surface area contributed by atoms with Crippen LogP contribution >= 0.6 is 11.6 Å². The predicted molar refractivity (Wildman–Crippen MR) is 55.1 cm³/mol. The molecule has 2 rings (SSSR count). The number of halogens is 1. The molecule has 0 aromatic heterocycles. The van der Waals surface area contributed by atoms with Crippen LogP contribution in [0.15, 0.2) is 6.07 Å². The molecule has 1 aliphatic rings. The summed E-state index contributed by atoms with van der Waals surface area (Å²) in [6, 6.07) is 1.96. The lowest BCUT2D eigenvalue weighted by Gasteiger charge is -2.09. The van der Waals surface area contributed by atoms with Gasteiger partial charge in [0.2, 0.25) is 6.79 Å². The monoisotopic (exact) mass is 213 g/mol. The molecule has 0 spiro atoms. The minimum Gasteiger partial charge on any atom is -0.454 e. The Morgan fingerprint density at radius 3 is 3.00 bits per heavy atom. The SMILES string of the molecule is CNCc1c(C)cc2c(c1Cl)OCO2. The fourth-order valence-electron chi connectivity index (χ4n) is 1.55. The molecule has 3 nitrogen and oxygen atoms in total. The van der Waals surface area contributed by atoms with E-state index in [1.54, 1.807) is 0 Å². The van der Waals surface area contributed by atoms with Crippen molar-refractivity contribution in [1.82, 2.24) is 5.32 Å². The molecule has 0 saturated carbocycles. The molecule has 1 heterocycles. The number of ether oxygens (including phenoxy) is 2. The first kappa shape index (κ1) is 9.62. The van der Waals surface area contributed by atoms with Gasteiger partial charge in [-0.2, -0.15) is 0 Å². The van der Waals surface area contributed by atoms with Crippen LogP contribution in [0.25, 0.3) is 0 Å². The van der Waals surface area contributed by atoms with Gasteiger partial charge in [-0.3, -0.25) is 0 Å². The van der Waals surface area contributed by atoms with Gasteiger partial charge in [-0.15, -0.1) is 0 Å². The van der Waals surface area contributed by atoms with Crippen molar-refractivity contribution in [2.45, 2.75) is 13.5 Å². The summed E-state index contributed by atoms with van der Waals surface area (Å²) in [7, 11) is 1.89. The molecule has 0 saturated heterocycles. The lowest BCUT2D eigenvalue weighted by molar-refractivity contribution is 0.174. The van der Waals surface area contributed by atoms with E-state index < -0.39 is 0 Å². The van der Waals surface area contributed by atoms with E-state index in [-0.39, 0.29) is 6.79 Å². The Morgan fingerprint density at radius 1 is 1.50 bits per heavy atom. The first-order valence-electron chi connectivity index (χ1n) is 4.46. The lowest BCUT2D eigenvalue weighted by atomic mass is 10.1. The Labute approximate surface area is 88.0 Å². The molecule has 1 aromatic carbocycles. The molecule has 1 aliphatic heterocycles. The fraction of sp³-hybridized carbons (Fsp3) is 0.400. The van der Waals surface area contributed by atoms with E-state index in [1.807, 2.05) is 20.0 Å². The Hall–Kier alpha value is -0.930. The molecule has 0 aliphatic carbocycles. The van der Waals surface area contributed by atoms with Crippen LogP contribution in [-0.4, -0.2) is 13.8 Å². The van der Waals surface area contributed by atoms with Crippen molar-refractivity contribution < 1.29 is 9.47 Å². The van der Waals surface area contributed by atoms with Crippen molar-refractivity contribution in [3.8, 4) is 11.5 Å². The van der Waals surface area contributed by atoms with Crippen molar-refractivity contribution in [3.05, 3.63) is 22.2 Å². The topological polar surface area (TPSA) is 30.5 Å². The molecular formula is C10H12ClNO2. The molecule has 4 heteroatoms. The van der Waals surface area contributed by atoms with Crippen LogP contribution in [0.5, 0.6) is 11.5 Å². The van der Waals surface area contributed by atoms with Gasteiger partial charge in [0.05, 0.1) is 5.02 Å². The summed E-state index contributed by atoms with van der Waals surface area (Å²) in [5.41, 5.74) is 2.19. The van der Waals surface area contributed by atoms with Gasteiger partial charge in [0.25, 0.3) is 0 Å². The third kappa shape index (κ3) is 1.42. The minimum absolute atomic E-state index is 0.261. The smallest absolute Gasteiger partial charge is 0.231 e. The predicted octanol–water partition coefficient (Wildman–Crippen LogP) is 2.10. The minimum atomic E-state index is 0.261. The third-order valence-corrected chi connectivity index (χ3v) is 2.68. The Kier molecular flexibility index (Phi) is 2.52. The summed E-state index contributed by atoms with van der Waals surface area (Å²) < 4.78 is 10.6. The highest BCUT2D eigenvalue weighted by molar-refractivity contribution is 6.33. The van der Waals surface area contributed by atoms with E-state index in [2.05, 4.69) is 5.32 Å². The second kappa shape index (κ2) is 3.67. The second-order valence-corrected chi connectivity index (χ2v) is 3.63. The summed E-state index contributed by atoms with van der Waals surface area (Å²) in [4.78, 5) is 0. The standard InChI is InChI=1S/C10H12ClNO2/c1-6-3-8-10(14-5-13-8)9(11)7(6)4-12-2/h3,12H,4-5H2,1-2H3. The Balaban J connectivity index is 2.51. The normalized spacial score (nSPS) is 13.4. The first-order chi connectivity index (χ1) is 6.74. The molecule has 0 radical (unpaired) electrons. The summed E-state index contributed by atoms with van der Waals surface area (Å²) >= 11 is 6.19. The Morgan fingerprint density at radius 2 is 2.29 bits per heavy atom. The van der Waals surface area contributed by atoms with E-state index in [0.717, 1.165) is 23.4 Å². The van der Waals surface area contributed by atoms with E-state index in [4.69, 9.17) is 21.1 Å². The van der Waals surface area contributed by atoms with Crippen molar-refractivity contribution in [2.75, 3.05) is 13.8 Å². The maximum atomic E-state index is 6.19. The second-order valence-electron chi connectivity index (χ2n) is 3.25. The van der Waals surface area contributed by atoms with Crippen LogP contribution in [0.3, 0.4) is 0 Å². The summed E-state index contributed by atoms with van der Waals surface area (Å²) in [6.45, 7) is 3.01. The molecule has 14 heavy (non-hydrogen) atoms. The van der Waals surface area contributed by atoms with Gasteiger partial charge >= 0.3 is 0 Å². The van der Waals surface area contributed by atoms with Gasteiger partial charge in [-0.25, -0.2) is 0 Å². The zero-order chi connectivity index (χ0) is 10.1. The third-order valence-electron chi connectivity index (χ3n) is 2.28. The van der Waals surface area contributed by atoms with Gasteiger partial charge in [-0.05, 0) is 31.2 Å². The van der Waals surface area contributed by atoms with Crippen LogP contribution in [0.1, 0.15) is 11.1 Å². The summed E-state index contributed by atoms with van der Waals surface area (Å²) in [5.74, 6) is 1.41. The average molecular weight is 214 g/mol. The summed E-state index contributed by atoms with van der Waals surface area (Å²) in [5, 5.41) is 3.74. The number of aryl methyl sites for hydroxylation is 1. The van der Waals surface area contributed by atoms with Gasteiger partial charge in [-0.1, -0.05) is 11.6 Å². The van der Waals surface area contributed by atoms with E-state index in [0.29, 0.717) is 10.8 Å². The number of nitrogens with one attached hydrogen (secondary N) is 1. The van der Waals surface area contributed by atoms with Crippen molar-refractivity contribution in [1.29, 1.82) is 0 Å². The van der Waals surface area contributed by atoms with Crippen LogP contribution in [0.2, 0.25) is 5.02 Å². The number of hydrogen-bond acceptors (Lipinski definition) is 3. The highest BCUT2D eigenvalue weighted by atomic mass is 35.5. The number of benzene rings is 1. The quantitative estimate of drug-likeness (QED) is 0.816. The molecule has 0 fully saturated rings. The molecular weight excluding hydrogens is 202 g/mol. The van der Waals surface area contributed by atoms with E-state index >= 15 is 0 Å². The van der Waals surface area contributed by atoms with Crippen molar-refractivity contribution in [3.63, 3.8) is 0 Å². The first-order valence-corrected chi connectivity index (χ1v) is 4.84. The zero-order valence-electron chi connectivity index (χ0n) is 8.19. The van der Waals surface area contributed by atoms with Gasteiger partial charge in [0.15, 0.2) is 11.5 Å². The molecule has 1 N–H and O–H groups in total. The molecule has 0 atom stereocenters. The van der Waals surface area contributed by atoms with E-state index in [9.17, 15) is 0 Å². The van der Waals surface area contributed by atoms with Crippen LogP contribution < -0.4 is 14.8 Å². The van der Waals surface area contributed by atoms with Crippen molar-refractivity contribution in [2.24, 2.45) is 0 Å². The Bertz CT molecular complexity index is 366. The van der Waals surface area contributed by atoms with Crippen molar-refractivity contribution >= 4 is 11.6 Å². The zero-order valence-corrected chi connectivity index (χ0v) is 8.94. The largest absolute Gasteiger partial charge is 0.454 e.